The number of ether oxygens (including phenoxy) is 1. The molecule has 0 saturated heterocycles. The number of aliphatic carboxylic acids is 1. The van der Waals surface area contributed by atoms with Crippen LogP contribution in [0.2, 0.25) is 10.0 Å². The Morgan fingerprint density at radius 2 is 1.88 bits per heavy atom. The minimum atomic E-state index is -4.13. The van der Waals surface area contributed by atoms with Crippen molar-refractivity contribution in [2.45, 2.75) is 58.7 Å². The van der Waals surface area contributed by atoms with Crippen LogP contribution in [0.3, 0.4) is 0 Å². The number of aromatic nitrogens is 3. The minimum Gasteiger partial charge on any atom is -0.492 e. The Bertz CT molecular complexity index is 1840. The van der Waals surface area contributed by atoms with E-state index in [0.717, 1.165) is 23.1 Å². The first-order valence-electron chi connectivity index (χ1n) is 13.5. The average molecular weight is 632 g/mol. The van der Waals surface area contributed by atoms with E-state index in [4.69, 9.17) is 32.1 Å². The molecule has 0 radical (unpaired) electrons. The average Bonchev–Trinajstić information content (AvgIpc) is 3.36. The zero-order valence-corrected chi connectivity index (χ0v) is 25.3. The van der Waals surface area contributed by atoms with E-state index in [1.807, 2.05) is 32.0 Å². The second kappa shape index (κ2) is 11.0. The van der Waals surface area contributed by atoms with Gasteiger partial charge >= 0.3 is 16.3 Å². The number of halogens is 2. The minimum absolute atomic E-state index is 0.00422. The highest BCUT2D eigenvalue weighted by Gasteiger charge is 2.34. The van der Waals surface area contributed by atoms with Gasteiger partial charge in [-0.3, -0.25) is 4.79 Å². The Kier molecular flexibility index (Phi) is 7.55. The summed E-state index contributed by atoms with van der Waals surface area (Å²) in [5, 5.41) is 19.4. The van der Waals surface area contributed by atoms with Gasteiger partial charge in [0.25, 0.3) is 0 Å². The van der Waals surface area contributed by atoms with Gasteiger partial charge < -0.3 is 14.0 Å². The van der Waals surface area contributed by atoms with Crippen molar-refractivity contribution in [2.75, 3.05) is 6.61 Å². The van der Waals surface area contributed by atoms with Crippen molar-refractivity contribution < 1.29 is 27.2 Å². The van der Waals surface area contributed by atoms with E-state index in [2.05, 4.69) is 10.3 Å². The van der Waals surface area contributed by atoms with Gasteiger partial charge in [-0.15, -0.1) is 5.10 Å². The molecule has 1 N–H and O–H groups in total. The van der Waals surface area contributed by atoms with Crippen LogP contribution in [-0.2, 0) is 34.7 Å². The summed E-state index contributed by atoms with van der Waals surface area (Å²) < 4.78 is 40.7. The maximum atomic E-state index is 13.2. The third-order valence-electron chi connectivity index (χ3n) is 7.94. The molecular weight excluding hydrogens is 603 g/mol. The van der Waals surface area contributed by atoms with Crippen LogP contribution in [0.5, 0.6) is 11.5 Å². The molecular formula is C29H28Cl2N4O6S. The van der Waals surface area contributed by atoms with Crippen LogP contribution < -0.4 is 8.92 Å². The van der Waals surface area contributed by atoms with E-state index in [0.29, 0.717) is 63.1 Å². The third kappa shape index (κ3) is 5.19. The van der Waals surface area contributed by atoms with Gasteiger partial charge in [0.1, 0.15) is 22.5 Å². The smallest absolute Gasteiger partial charge is 0.385 e. The molecule has 1 unspecified atom stereocenters. The summed E-state index contributed by atoms with van der Waals surface area (Å²) in [6.45, 7) is 4.69. The molecule has 4 aromatic rings. The summed E-state index contributed by atoms with van der Waals surface area (Å²) in [5.41, 5.74) is 5.59. The zero-order valence-electron chi connectivity index (χ0n) is 22.9. The van der Waals surface area contributed by atoms with E-state index in [-0.39, 0.29) is 25.3 Å². The van der Waals surface area contributed by atoms with Crippen LogP contribution in [0.15, 0.2) is 36.4 Å². The Balaban J connectivity index is 1.51. The largest absolute Gasteiger partial charge is 0.492 e. The second-order valence-corrected chi connectivity index (χ2v) is 13.0. The van der Waals surface area contributed by atoms with Crippen molar-refractivity contribution in [3.05, 3.63) is 79.8 Å². The molecule has 10 nitrogen and oxygen atoms in total. The van der Waals surface area contributed by atoms with Crippen molar-refractivity contribution in [3.8, 4) is 11.5 Å². The van der Waals surface area contributed by atoms with Gasteiger partial charge in [0.15, 0.2) is 0 Å². The topological polar surface area (TPSA) is 124 Å². The molecule has 3 aromatic carbocycles. The molecule has 3 aliphatic heterocycles. The number of rotatable bonds is 2. The Morgan fingerprint density at radius 3 is 2.67 bits per heavy atom. The summed E-state index contributed by atoms with van der Waals surface area (Å²) in [5.74, 6) is -0.932. The number of carboxylic acids is 1. The van der Waals surface area contributed by atoms with Crippen molar-refractivity contribution >= 4 is 50.5 Å². The molecule has 0 aliphatic carbocycles. The van der Waals surface area contributed by atoms with Crippen LogP contribution in [0.1, 0.15) is 58.6 Å². The molecule has 220 valence electrons. The molecule has 0 fully saturated rings. The maximum absolute atomic E-state index is 13.2. The summed E-state index contributed by atoms with van der Waals surface area (Å²) in [4.78, 5) is 12.1. The highest BCUT2D eigenvalue weighted by atomic mass is 35.5. The molecule has 0 amide bonds. The van der Waals surface area contributed by atoms with Gasteiger partial charge in [-0.25, -0.2) is 4.68 Å². The number of nitrogens with zero attached hydrogens (tertiary/aromatic N) is 4. The summed E-state index contributed by atoms with van der Waals surface area (Å²) >= 11 is 13.5. The lowest BCUT2D eigenvalue weighted by molar-refractivity contribution is -0.137. The van der Waals surface area contributed by atoms with Crippen molar-refractivity contribution in [2.24, 2.45) is 0 Å². The Morgan fingerprint density at radius 1 is 1.10 bits per heavy atom. The van der Waals surface area contributed by atoms with Crippen LogP contribution in [0.4, 0.5) is 0 Å². The number of hydrogen-bond donors (Lipinski definition) is 1. The van der Waals surface area contributed by atoms with Gasteiger partial charge in [-0.1, -0.05) is 46.6 Å². The predicted octanol–water partition coefficient (Wildman–Crippen LogP) is 5.77. The first-order valence-corrected chi connectivity index (χ1v) is 15.6. The van der Waals surface area contributed by atoms with Gasteiger partial charge in [0.2, 0.25) is 0 Å². The molecule has 3 aliphatic rings. The van der Waals surface area contributed by atoms with Gasteiger partial charge in [0, 0.05) is 31.1 Å². The second-order valence-electron chi connectivity index (χ2n) is 10.6. The summed E-state index contributed by atoms with van der Waals surface area (Å²) in [6.07, 6.45) is 1.21. The Hall–Kier alpha value is -3.38. The van der Waals surface area contributed by atoms with E-state index in [1.54, 1.807) is 22.9 Å². The van der Waals surface area contributed by atoms with Crippen LogP contribution in [0.25, 0.3) is 11.0 Å². The zero-order chi connectivity index (χ0) is 29.8. The van der Waals surface area contributed by atoms with Crippen LogP contribution in [-0.4, -0.2) is 45.4 Å². The Labute approximate surface area is 253 Å². The fourth-order valence-electron chi connectivity index (χ4n) is 5.64. The molecule has 7 rings (SSSR count). The predicted molar refractivity (Wildman–Crippen MR) is 158 cm³/mol. The first-order chi connectivity index (χ1) is 20.0. The lowest BCUT2D eigenvalue weighted by Crippen LogP contribution is -2.37. The number of hydrogen-bond acceptors (Lipinski definition) is 7. The molecule has 42 heavy (non-hydrogen) atoms. The highest BCUT2D eigenvalue weighted by Crippen LogP contribution is 2.41. The summed E-state index contributed by atoms with van der Waals surface area (Å²) in [6, 6.07) is 10.5. The first kappa shape index (κ1) is 28.7. The normalized spacial score (nSPS) is 19.9. The monoisotopic (exact) mass is 630 g/mol. The maximum Gasteiger partial charge on any atom is 0.385 e. The number of carboxylic acid groups (broad SMARTS) is 1. The molecule has 0 saturated carbocycles. The van der Waals surface area contributed by atoms with Crippen molar-refractivity contribution in [1.82, 2.24) is 19.3 Å². The van der Waals surface area contributed by atoms with Crippen molar-refractivity contribution in [3.63, 3.8) is 0 Å². The highest BCUT2D eigenvalue weighted by molar-refractivity contribution is 7.84. The number of carbonyl (C=O) groups is 1. The molecule has 9 bridgehead atoms. The summed E-state index contributed by atoms with van der Waals surface area (Å²) in [7, 11) is -4.13. The van der Waals surface area contributed by atoms with Crippen molar-refractivity contribution in [1.29, 1.82) is 0 Å². The van der Waals surface area contributed by atoms with Crippen LogP contribution >= 0.6 is 23.2 Å². The lowest BCUT2D eigenvalue weighted by Gasteiger charge is -2.29. The van der Waals surface area contributed by atoms with E-state index >= 15 is 0 Å². The molecule has 1 aromatic heterocycles. The number of fused-ring (bicyclic) bond motifs is 5. The molecule has 2 atom stereocenters. The van der Waals surface area contributed by atoms with Gasteiger partial charge in [0.05, 0.1) is 23.1 Å². The lowest BCUT2D eigenvalue weighted by atomic mass is 9.84. The molecule has 4 heterocycles. The van der Waals surface area contributed by atoms with Gasteiger partial charge in [-0.05, 0) is 72.7 Å². The SMILES string of the molecule is Cc1ccc2cc1CN1Cc3c(ccc(c3Cl)OCCCCn3nnc4c(C)c(cc(Cl)c43)[C@@H]2CC(=O)O)OS1(=O)=O. The number of aryl methyl sites for hydroxylation is 3. The molecule has 0 spiro atoms. The third-order valence-corrected chi connectivity index (χ3v) is 9.92. The van der Waals surface area contributed by atoms with E-state index < -0.39 is 22.2 Å². The van der Waals surface area contributed by atoms with E-state index in [9.17, 15) is 18.3 Å². The fourth-order valence-corrected chi connectivity index (χ4v) is 7.29. The standard InChI is InChI=1S/C29H28Cl2N4O6S/c1-16-5-6-18-11-19(16)14-34-15-22-24(41-42(34,38)39)7-8-25(27(22)31)40-10-4-3-9-35-29-23(30)12-20(21(18)13-26(36)37)17(2)28(29)32-33-35/h5-8,11-12,21H,3-4,9-10,13-15H2,1-2H3,(H,36,37)/t21-/m1/s1. The van der Waals surface area contributed by atoms with Crippen LogP contribution in [0, 0.1) is 13.8 Å². The number of benzene rings is 3. The van der Waals surface area contributed by atoms with E-state index in [1.165, 1.54) is 4.31 Å². The fraction of sp³-hybridized carbons (Fsp3) is 0.345. The molecule has 13 heteroatoms. The quantitative estimate of drug-likeness (QED) is 0.296. The van der Waals surface area contributed by atoms with Gasteiger partial charge in [-0.2, -0.15) is 12.7 Å².